The summed E-state index contributed by atoms with van der Waals surface area (Å²) >= 11 is 5.12. The molecule has 0 aromatic heterocycles. The Balaban J connectivity index is 2.07. The van der Waals surface area contributed by atoms with Gasteiger partial charge in [-0.25, -0.2) is 0 Å². The van der Waals surface area contributed by atoms with Gasteiger partial charge in [-0.2, -0.15) is 0 Å². The van der Waals surface area contributed by atoms with E-state index in [1.54, 1.807) is 23.6 Å². The van der Waals surface area contributed by atoms with Gasteiger partial charge < -0.3 is 10.2 Å². The molecule has 0 heterocycles. The largest absolute Gasteiger partial charge is 0.352 e. The van der Waals surface area contributed by atoms with Crippen LogP contribution in [-0.4, -0.2) is 34.6 Å². The first-order chi connectivity index (χ1) is 13.4. The highest BCUT2D eigenvalue weighted by atomic mass is 79.9. The number of thioether (sulfide) groups is 1. The predicted octanol–water partition coefficient (Wildman–Crippen LogP) is 4.87. The van der Waals surface area contributed by atoms with Crippen molar-refractivity contribution in [2.24, 2.45) is 0 Å². The van der Waals surface area contributed by atoms with Crippen LogP contribution in [-0.2, 0) is 16.1 Å². The Labute approximate surface area is 180 Å². The number of benzene rings is 2. The second-order valence-electron chi connectivity index (χ2n) is 6.90. The van der Waals surface area contributed by atoms with Crippen LogP contribution in [0.15, 0.2) is 64.0 Å². The highest BCUT2D eigenvalue weighted by Crippen LogP contribution is 2.20. The van der Waals surface area contributed by atoms with Crippen LogP contribution in [0.1, 0.15) is 32.8 Å². The molecule has 1 atom stereocenters. The molecule has 0 aliphatic rings. The lowest BCUT2D eigenvalue weighted by Gasteiger charge is -2.29. The second kappa shape index (κ2) is 11.3. The molecule has 0 spiro atoms. The van der Waals surface area contributed by atoms with Gasteiger partial charge in [0.25, 0.3) is 0 Å². The number of nitrogens with zero attached hydrogens (tertiary/aromatic N) is 1. The average Bonchev–Trinajstić information content (AvgIpc) is 2.66. The second-order valence-corrected chi connectivity index (χ2v) is 8.99. The molecule has 0 fully saturated rings. The first-order valence-corrected chi connectivity index (χ1v) is 11.2. The quantitative estimate of drug-likeness (QED) is 0.540. The maximum absolute atomic E-state index is 13.0. The maximum Gasteiger partial charge on any atom is 0.242 e. The van der Waals surface area contributed by atoms with Gasteiger partial charge >= 0.3 is 0 Å². The number of carbonyl (C=O) groups is 2. The number of halogens is 1. The minimum Gasteiger partial charge on any atom is -0.352 e. The van der Waals surface area contributed by atoms with Gasteiger partial charge in [-0.05, 0) is 50.6 Å². The van der Waals surface area contributed by atoms with Crippen LogP contribution in [0.3, 0.4) is 0 Å². The van der Waals surface area contributed by atoms with Gasteiger partial charge in [-0.3, -0.25) is 9.59 Å². The summed E-state index contributed by atoms with van der Waals surface area (Å²) in [5.41, 5.74) is 0.989. The highest BCUT2D eigenvalue weighted by Gasteiger charge is 2.26. The molecule has 2 rings (SSSR count). The third kappa shape index (κ3) is 7.32. The van der Waals surface area contributed by atoms with Gasteiger partial charge in [0.1, 0.15) is 6.04 Å². The summed E-state index contributed by atoms with van der Waals surface area (Å²) in [6.07, 6.45) is 0.382. The van der Waals surface area contributed by atoms with Crippen molar-refractivity contribution in [1.29, 1.82) is 0 Å². The van der Waals surface area contributed by atoms with Crippen molar-refractivity contribution in [3.05, 3.63) is 64.6 Å². The van der Waals surface area contributed by atoms with E-state index in [0.717, 1.165) is 14.9 Å². The van der Waals surface area contributed by atoms with Crippen LogP contribution in [0.25, 0.3) is 0 Å². The van der Waals surface area contributed by atoms with Crippen LogP contribution < -0.4 is 5.32 Å². The molecule has 150 valence electrons. The van der Waals surface area contributed by atoms with Gasteiger partial charge in [0, 0.05) is 34.1 Å². The smallest absolute Gasteiger partial charge is 0.242 e. The lowest BCUT2D eigenvalue weighted by atomic mass is 10.1. The zero-order chi connectivity index (χ0) is 20.5. The van der Waals surface area contributed by atoms with Crippen LogP contribution in [0.4, 0.5) is 0 Å². The first-order valence-electron chi connectivity index (χ1n) is 9.39. The molecule has 2 aromatic rings. The third-order valence-corrected chi connectivity index (χ3v) is 5.68. The van der Waals surface area contributed by atoms with E-state index in [-0.39, 0.29) is 17.9 Å². The number of nitrogens with one attached hydrogen (secondary N) is 1. The van der Waals surface area contributed by atoms with Crippen molar-refractivity contribution in [3.63, 3.8) is 0 Å². The van der Waals surface area contributed by atoms with E-state index in [9.17, 15) is 9.59 Å². The number of hydrogen-bond acceptors (Lipinski definition) is 3. The van der Waals surface area contributed by atoms with Gasteiger partial charge in [0.2, 0.25) is 11.8 Å². The number of amides is 2. The molecule has 28 heavy (non-hydrogen) atoms. The minimum absolute atomic E-state index is 0.0187. The fourth-order valence-corrected chi connectivity index (χ4v) is 4.04. The zero-order valence-electron chi connectivity index (χ0n) is 16.5. The van der Waals surface area contributed by atoms with E-state index in [1.807, 2.05) is 68.4 Å². The fraction of sp³-hybridized carbons (Fsp3) is 0.364. The van der Waals surface area contributed by atoms with Gasteiger partial charge in [-0.1, -0.05) is 46.3 Å². The Kier molecular flexibility index (Phi) is 9.06. The molecular formula is C22H27BrN2O2S. The Morgan fingerprint density at radius 3 is 2.43 bits per heavy atom. The minimum atomic E-state index is -0.532. The molecule has 0 saturated carbocycles. The lowest BCUT2D eigenvalue weighted by molar-refractivity contribution is -0.140. The Morgan fingerprint density at radius 1 is 1.07 bits per heavy atom. The molecule has 4 nitrogen and oxygen atoms in total. The summed E-state index contributed by atoms with van der Waals surface area (Å²) in [6, 6.07) is 17.4. The molecule has 2 amide bonds. The van der Waals surface area contributed by atoms with Gasteiger partial charge in [-0.15, -0.1) is 11.8 Å². The molecule has 0 saturated heterocycles. The summed E-state index contributed by atoms with van der Waals surface area (Å²) < 4.78 is 0.955. The molecular weight excluding hydrogens is 436 g/mol. The fourth-order valence-electron chi connectivity index (χ4n) is 2.74. The van der Waals surface area contributed by atoms with E-state index in [1.165, 1.54) is 0 Å². The zero-order valence-corrected chi connectivity index (χ0v) is 18.9. The van der Waals surface area contributed by atoms with E-state index in [4.69, 9.17) is 0 Å². The summed E-state index contributed by atoms with van der Waals surface area (Å²) in [4.78, 5) is 28.3. The topological polar surface area (TPSA) is 49.4 Å². The van der Waals surface area contributed by atoms with E-state index in [2.05, 4.69) is 21.2 Å². The first kappa shape index (κ1) is 22.5. The SMILES string of the molecule is CC(C)NC(=O)[C@H](C)N(Cc1cccc(Br)c1)C(=O)CCSc1ccccc1. The summed E-state index contributed by atoms with van der Waals surface area (Å²) in [7, 11) is 0. The molecule has 1 N–H and O–H groups in total. The molecule has 0 aliphatic carbocycles. The molecule has 2 aromatic carbocycles. The number of hydrogen-bond donors (Lipinski definition) is 1. The third-order valence-electron chi connectivity index (χ3n) is 4.17. The number of carbonyl (C=O) groups excluding carboxylic acids is 2. The van der Waals surface area contributed by atoms with Gasteiger partial charge in [0.15, 0.2) is 0 Å². The molecule has 0 aliphatic heterocycles. The summed E-state index contributed by atoms with van der Waals surface area (Å²) in [5.74, 6) is 0.528. The number of rotatable bonds is 9. The molecule has 0 radical (unpaired) electrons. The van der Waals surface area contributed by atoms with Crippen molar-refractivity contribution in [2.45, 2.75) is 50.7 Å². The van der Waals surface area contributed by atoms with Crippen molar-refractivity contribution < 1.29 is 9.59 Å². The Bertz CT molecular complexity index is 783. The van der Waals surface area contributed by atoms with Gasteiger partial charge in [0.05, 0.1) is 0 Å². The standard InChI is InChI=1S/C22H27BrN2O2S/c1-16(2)24-22(27)17(3)25(15-18-8-7-9-19(23)14-18)21(26)12-13-28-20-10-5-4-6-11-20/h4-11,14,16-17H,12-13,15H2,1-3H3,(H,24,27)/t17-/m0/s1. The summed E-state index contributed by atoms with van der Waals surface area (Å²) in [5, 5.41) is 2.91. The van der Waals surface area contributed by atoms with Crippen LogP contribution in [0.2, 0.25) is 0 Å². The Hall–Kier alpha value is -1.79. The van der Waals surface area contributed by atoms with Crippen molar-refractivity contribution >= 4 is 39.5 Å². The normalized spacial score (nSPS) is 11.9. The van der Waals surface area contributed by atoms with Crippen molar-refractivity contribution in [3.8, 4) is 0 Å². The van der Waals surface area contributed by atoms with Crippen LogP contribution in [0.5, 0.6) is 0 Å². The predicted molar refractivity (Wildman–Crippen MR) is 119 cm³/mol. The highest BCUT2D eigenvalue weighted by molar-refractivity contribution is 9.10. The van der Waals surface area contributed by atoms with Crippen molar-refractivity contribution in [1.82, 2.24) is 10.2 Å². The maximum atomic E-state index is 13.0. The van der Waals surface area contributed by atoms with Crippen molar-refractivity contribution in [2.75, 3.05) is 5.75 Å². The average molecular weight is 463 g/mol. The van der Waals surface area contributed by atoms with Crippen LogP contribution in [0, 0.1) is 0 Å². The monoisotopic (exact) mass is 462 g/mol. The summed E-state index contributed by atoms with van der Waals surface area (Å²) in [6.45, 7) is 6.03. The Morgan fingerprint density at radius 2 is 1.79 bits per heavy atom. The van der Waals surface area contributed by atoms with E-state index >= 15 is 0 Å². The molecule has 0 bridgehead atoms. The lowest BCUT2D eigenvalue weighted by Crippen LogP contribution is -2.49. The van der Waals surface area contributed by atoms with E-state index < -0.39 is 6.04 Å². The van der Waals surface area contributed by atoms with E-state index in [0.29, 0.717) is 18.7 Å². The molecule has 6 heteroatoms. The molecule has 0 unspecified atom stereocenters. The van der Waals surface area contributed by atoms with Crippen LogP contribution >= 0.6 is 27.7 Å².